The topological polar surface area (TPSA) is 123 Å². The van der Waals surface area contributed by atoms with Crippen LogP contribution in [0.2, 0.25) is 0 Å². The van der Waals surface area contributed by atoms with Crippen molar-refractivity contribution < 1.29 is 22.5 Å². The Kier molecular flexibility index (Phi) is 8.32. The van der Waals surface area contributed by atoms with Crippen LogP contribution in [0, 0.1) is 0 Å². The Morgan fingerprint density at radius 1 is 0.946 bits per heavy atom. The molecular formula is C27H28N4O5S. The molecule has 10 heteroatoms. The van der Waals surface area contributed by atoms with Crippen LogP contribution in [0.5, 0.6) is 5.75 Å². The van der Waals surface area contributed by atoms with E-state index in [4.69, 9.17) is 9.26 Å². The minimum absolute atomic E-state index is 0.113. The van der Waals surface area contributed by atoms with Gasteiger partial charge in [0, 0.05) is 24.6 Å². The van der Waals surface area contributed by atoms with Crippen LogP contribution in [0.25, 0.3) is 0 Å². The number of carbonyl (C=O) groups excluding carboxylic acids is 1. The quantitative estimate of drug-likeness (QED) is 0.303. The average molecular weight is 521 g/mol. The number of carbonyl (C=O) groups is 1. The Labute approximate surface area is 215 Å². The minimum atomic E-state index is -3.67. The minimum Gasteiger partial charge on any atom is -0.484 e. The molecular weight excluding hydrogens is 492 g/mol. The van der Waals surface area contributed by atoms with Crippen molar-refractivity contribution in [1.82, 2.24) is 14.9 Å². The third kappa shape index (κ3) is 7.48. The maximum atomic E-state index is 12.5. The van der Waals surface area contributed by atoms with Gasteiger partial charge in [0.15, 0.2) is 12.4 Å². The lowest BCUT2D eigenvalue weighted by Crippen LogP contribution is -2.23. The van der Waals surface area contributed by atoms with Crippen molar-refractivity contribution in [1.29, 1.82) is 0 Å². The molecule has 1 heterocycles. The van der Waals surface area contributed by atoms with Gasteiger partial charge in [-0.05, 0) is 47.5 Å². The molecule has 0 aliphatic carbocycles. The number of nitrogens with zero attached hydrogens (tertiary/aromatic N) is 2. The van der Waals surface area contributed by atoms with Gasteiger partial charge in [0.2, 0.25) is 15.9 Å². The number of ether oxygens (including phenoxy) is 1. The summed E-state index contributed by atoms with van der Waals surface area (Å²) in [5.41, 5.74) is 2.47. The molecule has 9 nitrogen and oxygen atoms in total. The Balaban J connectivity index is 1.24. The van der Waals surface area contributed by atoms with Gasteiger partial charge in [-0.15, -0.1) is 0 Å². The fourth-order valence-corrected chi connectivity index (χ4v) is 4.40. The average Bonchev–Trinajstić information content (AvgIpc) is 3.37. The molecule has 0 atom stereocenters. The van der Waals surface area contributed by atoms with Crippen molar-refractivity contribution in [2.45, 2.75) is 37.6 Å². The summed E-state index contributed by atoms with van der Waals surface area (Å²) in [5.74, 6) is 1.44. The number of anilines is 1. The largest absolute Gasteiger partial charge is 0.484 e. The molecule has 0 fully saturated rings. The van der Waals surface area contributed by atoms with Gasteiger partial charge < -0.3 is 14.6 Å². The van der Waals surface area contributed by atoms with Crippen LogP contribution in [0.15, 0.2) is 88.3 Å². The van der Waals surface area contributed by atoms with Crippen molar-refractivity contribution >= 4 is 21.6 Å². The normalized spacial score (nSPS) is 11.4. The zero-order valence-electron chi connectivity index (χ0n) is 20.5. The van der Waals surface area contributed by atoms with E-state index < -0.39 is 10.0 Å². The maximum absolute atomic E-state index is 12.5. The second-order valence-corrected chi connectivity index (χ2v) is 10.5. The molecule has 0 saturated carbocycles. The van der Waals surface area contributed by atoms with E-state index in [1.54, 1.807) is 12.1 Å². The molecule has 4 aromatic rings. The number of hydrogen-bond donors (Lipinski definition) is 2. The second-order valence-electron chi connectivity index (χ2n) is 8.70. The van der Waals surface area contributed by atoms with E-state index in [0.717, 1.165) is 11.1 Å². The summed E-state index contributed by atoms with van der Waals surface area (Å²) < 4.78 is 38.3. The number of hydrogen-bond acceptors (Lipinski definition) is 7. The van der Waals surface area contributed by atoms with E-state index in [1.165, 1.54) is 24.3 Å². The summed E-state index contributed by atoms with van der Waals surface area (Å²) >= 11 is 0. The van der Waals surface area contributed by atoms with Gasteiger partial charge in [-0.3, -0.25) is 4.79 Å². The molecule has 0 saturated heterocycles. The lowest BCUT2D eigenvalue weighted by Gasteiger charge is -2.10. The molecule has 0 aliphatic rings. The maximum Gasteiger partial charge on any atom is 0.262 e. The van der Waals surface area contributed by atoms with E-state index in [1.807, 2.05) is 56.3 Å². The van der Waals surface area contributed by atoms with E-state index >= 15 is 0 Å². The molecule has 0 bridgehead atoms. The lowest BCUT2D eigenvalue weighted by molar-refractivity contribution is -0.118. The molecule has 1 amide bonds. The Hall–Kier alpha value is -4.02. The van der Waals surface area contributed by atoms with Gasteiger partial charge >= 0.3 is 0 Å². The summed E-state index contributed by atoms with van der Waals surface area (Å²) in [6, 6.07) is 22.5. The van der Waals surface area contributed by atoms with Crippen LogP contribution in [-0.2, 0) is 27.8 Å². The van der Waals surface area contributed by atoms with E-state index in [0.29, 0.717) is 29.6 Å². The van der Waals surface area contributed by atoms with Crippen LogP contribution in [0.3, 0.4) is 0 Å². The third-order valence-electron chi connectivity index (χ3n) is 5.39. The van der Waals surface area contributed by atoms with Crippen molar-refractivity contribution in [3.63, 3.8) is 0 Å². The van der Waals surface area contributed by atoms with Crippen molar-refractivity contribution in [3.05, 3.63) is 102 Å². The first-order valence-corrected chi connectivity index (χ1v) is 13.2. The Morgan fingerprint density at radius 2 is 1.65 bits per heavy atom. The van der Waals surface area contributed by atoms with Crippen molar-refractivity contribution in [2.75, 3.05) is 11.9 Å². The molecule has 0 aliphatic heterocycles. The Bertz CT molecular complexity index is 1420. The monoisotopic (exact) mass is 520 g/mol. The summed E-state index contributed by atoms with van der Waals surface area (Å²) in [5, 5.41) is 6.76. The number of sulfonamides is 1. The number of nitrogens with one attached hydrogen (secondary N) is 2. The third-order valence-corrected chi connectivity index (χ3v) is 6.81. The molecule has 0 unspecified atom stereocenters. The van der Waals surface area contributed by atoms with Crippen molar-refractivity contribution in [3.8, 4) is 5.75 Å². The molecule has 192 valence electrons. The summed E-state index contributed by atoms with van der Waals surface area (Å²) in [7, 11) is -3.67. The van der Waals surface area contributed by atoms with Crippen LogP contribution in [0.1, 0.15) is 42.6 Å². The summed E-state index contributed by atoms with van der Waals surface area (Å²) in [6.07, 6.45) is 0.529. The van der Waals surface area contributed by atoms with E-state index in [9.17, 15) is 13.2 Å². The SMILES string of the molecule is CC(C)c1nc(Cc2ccc(NC(=O)COc3ccc(S(=O)(=O)NCc4ccccc4)cc3)cc2)no1. The molecule has 0 spiro atoms. The molecule has 4 rings (SSSR count). The zero-order valence-corrected chi connectivity index (χ0v) is 21.4. The number of amides is 1. The van der Waals surface area contributed by atoms with Gasteiger partial charge in [0.1, 0.15) is 5.75 Å². The van der Waals surface area contributed by atoms with E-state index in [2.05, 4.69) is 20.2 Å². The van der Waals surface area contributed by atoms with Gasteiger partial charge in [-0.2, -0.15) is 4.98 Å². The van der Waals surface area contributed by atoms with Crippen LogP contribution in [0.4, 0.5) is 5.69 Å². The highest BCUT2D eigenvalue weighted by atomic mass is 32.2. The standard InChI is InChI=1S/C27H28N4O5S/c1-19(2)27-30-25(31-36-27)16-20-8-10-22(11-9-20)29-26(32)18-35-23-12-14-24(15-13-23)37(33,34)28-17-21-6-4-3-5-7-21/h3-15,19,28H,16-18H2,1-2H3,(H,29,32). The number of aromatic nitrogens is 2. The Morgan fingerprint density at radius 3 is 2.30 bits per heavy atom. The fourth-order valence-electron chi connectivity index (χ4n) is 3.38. The highest BCUT2D eigenvalue weighted by molar-refractivity contribution is 7.89. The summed E-state index contributed by atoms with van der Waals surface area (Å²) in [4.78, 5) is 16.8. The van der Waals surface area contributed by atoms with Crippen LogP contribution >= 0.6 is 0 Å². The number of rotatable bonds is 11. The molecule has 3 aromatic carbocycles. The van der Waals surface area contributed by atoms with E-state index in [-0.39, 0.29) is 29.9 Å². The first-order chi connectivity index (χ1) is 17.8. The highest BCUT2D eigenvalue weighted by Gasteiger charge is 2.14. The predicted molar refractivity (Wildman–Crippen MR) is 139 cm³/mol. The first-order valence-electron chi connectivity index (χ1n) is 11.8. The predicted octanol–water partition coefficient (Wildman–Crippen LogP) is 4.28. The lowest BCUT2D eigenvalue weighted by atomic mass is 10.1. The second kappa shape index (κ2) is 11.8. The molecule has 37 heavy (non-hydrogen) atoms. The fraction of sp³-hybridized carbons (Fsp3) is 0.222. The molecule has 1 aromatic heterocycles. The van der Waals surface area contributed by atoms with Gasteiger partial charge in [0.25, 0.3) is 5.91 Å². The van der Waals surface area contributed by atoms with Gasteiger partial charge in [-0.25, -0.2) is 13.1 Å². The zero-order chi connectivity index (χ0) is 26.3. The smallest absolute Gasteiger partial charge is 0.262 e. The summed E-state index contributed by atoms with van der Waals surface area (Å²) in [6.45, 7) is 3.95. The van der Waals surface area contributed by atoms with Gasteiger partial charge in [0.05, 0.1) is 4.90 Å². The van der Waals surface area contributed by atoms with Gasteiger partial charge in [-0.1, -0.05) is 61.5 Å². The molecule has 2 N–H and O–H groups in total. The first kappa shape index (κ1) is 26.1. The highest BCUT2D eigenvalue weighted by Crippen LogP contribution is 2.18. The van der Waals surface area contributed by atoms with Crippen LogP contribution < -0.4 is 14.8 Å². The molecule has 0 radical (unpaired) electrons. The van der Waals surface area contributed by atoms with Crippen molar-refractivity contribution in [2.24, 2.45) is 0 Å². The van der Waals surface area contributed by atoms with Crippen LogP contribution in [-0.4, -0.2) is 31.1 Å². The number of benzene rings is 3.